The van der Waals surface area contributed by atoms with Crippen molar-refractivity contribution in [3.63, 3.8) is 0 Å². The zero-order chi connectivity index (χ0) is 16.1. The van der Waals surface area contributed by atoms with Crippen molar-refractivity contribution in [3.05, 3.63) is 59.0 Å². The zero-order valence-electron chi connectivity index (χ0n) is 12.2. The molecule has 0 radical (unpaired) electrons. The minimum absolute atomic E-state index is 0.130. The monoisotopic (exact) mass is 331 g/mol. The first-order valence-electron chi connectivity index (χ1n) is 7.08. The van der Waals surface area contributed by atoms with E-state index in [9.17, 15) is 9.18 Å². The van der Waals surface area contributed by atoms with Gasteiger partial charge in [0.25, 0.3) is 0 Å². The lowest BCUT2D eigenvalue weighted by Crippen LogP contribution is -2.27. The summed E-state index contributed by atoms with van der Waals surface area (Å²) in [6.45, 7) is 0.409. The third-order valence-electron chi connectivity index (χ3n) is 3.15. The number of rotatable bonds is 6. The van der Waals surface area contributed by atoms with Gasteiger partial charge in [0.2, 0.25) is 17.6 Å². The molecule has 2 heterocycles. The van der Waals surface area contributed by atoms with E-state index < -0.39 is 0 Å². The number of nitrogens with zero attached hydrogens (tertiary/aromatic N) is 2. The Morgan fingerprint density at radius 3 is 2.83 bits per heavy atom. The van der Waals surface area contributed by atoms with Gasteiger partial charge in [-0.3, -0.25) is 4.79 Å². The van der Waals surface area contributed by atoms with Crippen LogP contribution in [0.1, 0.15) is 11.5 Å². The van der Waals surface area contributed by atoms with Crippen molar-refractivity contribution in [1.82, 2.24) is 15.5 Å². The van der Waals surface area contributed by atoms with E-state index >= 15 is 0 Å². The van der Waals surface area contributed by atoms with E-state index in [0.29, 0.717) is 24.7 Å². The first-order valence-corrected chi connectivity index (χ1v) is 7.96. The number of hydrogen-bond donors (Lipinski definition) is 1. The van der Waals surface area contributed by atoms with Gasteiger partial charge >= 0.3 is 0 Å². The highest BCUT2D eigenvalue weighted by molar-refractivity contribution is 7.13. The second kappa shape index (κ2) is 7.15. The summed E-state index contributed by atoms with van der Waals surface area (Å²) in [6.07, 6.45) is 0.679. The molecule has 5 nitrogen and oxygen atoms in total. The number of hydrogen-bond acceptors (Lipinski definition) is 5. The van der Waals surface area contributed by atoms with Crippen LogP contribution in [0.25, 0.3) is 10.7 Å². The van der Waals surface area contributed by atoms with Gasteiger partial charge in [-0.1, -0.05) is 23.4 Å². The fourth-order valence-electron chi connectivity index (χ4n) is 2.02. The average Bonchev–Trinajstić information content (AvgIpc) is 3.20. The van der Waals surface area contributed by atoms with Crippen molar-refractivity contribution in [2.24, 2.45) is 0 Å². The largest absolute Gasteiger partial charge is 0.355 e. The molecular weight excluding hydrogens is 317 g/mol. The number of benzene rings is 1. The van der Waals surface area contributed by atoms with Crippen LogP contribution in [0.15, 0.2) is 46.3 Å². The minimum Gasteiger partial charge on any atom is -0.355 e. The number of carbonyl (C=O) groups is 1. The maximum Gasteiger partial charge on any atom is 0.228 e. The van der Waals surface area contributed by atoms with Gasteiger partial charge in [-0.15, -0.1) is 11.3 Å². The van der Waals surface area contributed by atoms with Crippen LogP contribution < -0.4 is 5.32 Å². The number of thiophene rings is 1. The quantitative estimate of drug-likeness (QED) is 0.754. The molecule has 0 bridgehead atoms. The molecule has 118 valence electrons. The van der Waals surface area contributed by atoms with Crippen LogP contribution in [0.4, 0.5) is 4.39 Å². The Bertz CT molecular complexity index is 769. The fourth-order valence-corrected chi connectivity index (χ4v) is 2.67. The van der Waals surface area contributed by atoms with Crippen molar-refractivity contribution in [3.8, 4) is 10.7 Å². The first-order chi connectivity index (χ1) is 11.2. The molecule has 0 atom stereocenters. The molecule has 0 saturated heterocycles. The van der Waals surface area contributed by atoms with Gasteiger partial charge in [-0.25, -0.2) is 4.39 Å². The lowest BCUT2D eigenvalue weighted by Gasteiger charge is -2.03. The second-order valence-corrected chi connectivity index (χ2v) is 5.84. The van der Waals surface area contributed by atoms with Crippen LogP contribution in [-0.4, -0.2) is 22.6 Å². The van der Waals surface area contributed by atoms with Crippen LogP contribution in [-0.2, 0) is 17.6 Å². The predicted molar refractivity (Wildman–Crippen MR) is 84.4 cm³/mol. The summed E-state index contributed by atoms with van der Waals surface area (Å²) in [4.78, 5) is 17.0. The van der Waals surface area contributed by atoms with Crippen molar-refractivity contribution in [1.29, 1.82) is 0 Å². The molecular formula is C16H14FN3O2S. The van der Waals surface area contributed by atoms with E-state index in [1.807, 2.05) is 17.5 Å². The standard InChI is InChI=1S/C16H14FN3O2S/c17-12-5-3-11(4-6-12)10-14(21)18-8-7-15-19-16(20-22-15)13-2-1-9-23-13/h1-6,9H,7-8,10H2,(H,18,21). The minimum atomic E-state index is -0.313. The molecule has 3 aromatic rings. The molecule has 2 aromatic heterocycles. The SMILES string of the molecule is O=C(Cc1ccc(F)cc1)NCCc1nc(-c2cccs2)no1. The topological polar surface area (TPSA) is 68.0 Å². The zero-order valence-corrected chi connectivity index (χ0v) is 13.0. The van der Waals surface area contributed by atoms with E-state index in [1.54, 1.807) is 12.1 Å². The van der Waals surface area contributed by atoms with Gasteiger partial charge in [0.1, 0.15) is 5.82 Å². The second-order valence-electron chi connectivity index (χ2n) is 4.89. The van der Waals surface area contributed by atoms with Crippen LogP contribution in [0.5, 0.6) is 0 Å². The maximum absolute atomic E-state index is 12.8. The Hall–Kier alpha value is -2.54. The molecule has 0 aliphatic carbocycles. The Balaban J connectivity index is 1.46. The summed E-state index contributed by atoms with van der Waals surface area (Å²) in [5, 5.41) is 8.63. The summed E-state index contributed by atoms with van der Waals surface area (Å²) in [6, 6.07) is 9.72. The Morgan fingerprint density at radius 2 is 2.09 bits per heavy atom. The lowest BCUT2D eigenvalue weighted by molar-refractivity contribution is -0.120. The van der Waals surface area contributed by atoms with Crippen molar-refractivity contribution in [2.45, 2.75) is 12.8 Å². The maximum atomic E-state index is 12.8. The van der Waals surface area contributed by atoms with Crippen LogP contribution in [0.2, 0.25) is 0 Å². The number of nitrogens with one attached hydrogen (secondary N) is 1. The van der Waals surface area contributed by atoms with E-state index in [1.165, 1.54) is 23.5 Å². The molecule has 0 saturated carbocycles. The molecule has 1 aromatic carbocycles. The predicted octanol–water partition coefficient (Wildman–Crippen LogP) is 2.84. The lowest BCUT2D eigenvalue weighted by atomic mass is 10.1. The van der Waals surface area contributed by atoms with Gasteiger partial charge in [-0.05, 0) is 29.1 Å². The smallest absolute Gasteiger partial charge is 0.228 e. The summed E-state index contributed by atoms with van der Waals surface area (Å²) in [7, 11) is 0. The summed E-state index contributed by atoms with van der Waals surface area (Å²) < 4.78 is 17.9. The number of carbonyl (C=O) groups excluding carboxylic acids is 1. The molecule has 23 heavy (non-hydrogen) atoms. The molecule has 0 spiro atoms. The van der Waals surface area contributed by atoms with Crippen LogP contribution >= 0.6 is 11.3 Å². The third-order valence-corrected chi connectivity index (χ3v) is 4.01. The highest BCUT2D eigenvalue weighted by Gasteiger charge is 2.10. The van der Waals surface area contributed by atoms with Crippen LogP contribution in [0, 0.1) is 5.82 Å². The Morgan fingerprint density at radius 1 is 1.26 bits per heavy atom. The molecule has 0 fully saturated rings. The highest BCUT2D eigenvalue weighted by atomic mass is 32.1. The summed E-state index contributed by atoms with van der Waals surface area (Å²) >= 11 is 1.54. The van der Waals surface area contributed by atoms with Crippen LogP contribution in [0.3, 0.4) is 0 Å². The molecule has 7 heteroatoms. The van der Waals surface area contributed by atoms with E-state index in [0.717, 1.165) is 10.4 Å². The molecule has 1 N–H and O–H groups in total. The van der Waals surface area contributed by atoms with Crippen molar-refractivity contribution >= 4 is 17.2 Å². The average molecular weight is 331 g/mol. The van der Waals surface area contributed by atoms with Crippen molar-refractivity contribution < 1.29 is 13.7 Å². The van der Waals surface area contributed by atoms with Gasteiger partial charge in [0.15, 0.2) is 0 Å². The molecule has 3 rings (SSSR count). The number of amides is 1. The van der Waals surface area contributed by atoms with E-state index in [4.69, 9.17) is 4.52 Å². The fraction of sp³-hybridized carbons (Fsp3) is 0.188. The number of aromatic nitrogens is 2. The van der Waals surface area contributed by atoms with Crippen molar-refractivity contribution in [2.75, 3.05) is 6.54 Å². The normalized spacial score (nSPS) is 10.7. The summed E-state index contributed by atoms with van der Waals surface area (Å²) in [5.74, 6) is 0.602. The molecule has 1 amide bonds. The van der Waals surface area contributed by atoms with E-state index in [-0.39, 0.29) is 18.1 Å². The Kier molecular flexibility index (Phi) is 4.77. The third kappa shape index (κ3) is 4.23. The molecule has 0 aliphatic rings. The van der Waals surface area contributed by atoms with Gasteiger partial charge in [0, 0.05) is 13.0 Å². The summed E-state index contributed by atoms with van der Waals surface area (Å²) in [5.41, 5.74) is 0.765. The van der Waals surface area contributed by atoms with Gasteiger partial charge < -0.3 is 9.84 Å². The first kappa shape index (κ1) is 15.4. The Labute approximate surface area is 136 Å². The van der Waals surface area contributed by atoms with Gasteiger partial charge in [-0.2, -0.15) is 4.98 Å². The highest BCUT2D eigenvalue weighted by Crippen LogP contribution is 2.21. The van der Waals surface area contributed by atoms with E-state index in [2.05, 4.69) is 15.5 Å². The van der Waals surface area contributed by atoms with Gasteiger partial charge in [0.05, 0.1) is 11.3 Å². The molecule has 0 aliphatic heterocycles. The number of halogens is 1. The molecule has 0 unspecified atom stereocenters.